The highest BCUT2D eigenvalue weighted by molar-refractivity contribution is 6.10. The molecule has 0 radical (unpaired) electrons. The predicted octanol–water partition coefficient (Wildman–Crippen LogP) is 1.69. The number of carbonyl (C=O) groups excluding carboxylic acids is 3. The summed E-state index contributed by atoms with van der Waals surface area (Å²) < 4.78 is 13.0. The molecule has 0 spiro atoms. The van der Waals surface area contributed by atoms with E-state index in [1.807, 2.05) is 0 Å². The third kappa shape index (κ3) is 6.19. The molecule has 0 atom stereocenters. The van der Waals surface area contributed by atoms with E-state index in [-0.39, 0.29) is 30.5 Å². The Balaban J connectivity index is 2.04. The molecule has 0 aliphatic rings. The maximum atomic E-state index is 13.0. The lowest BCUT2D eigenvalue weighted by atomic mass is 10.1. The van der Waals surface area contributed by atoms with E-state index >= 15 is 0 Å². The number of likely N-dealkylation sites (N-methyl/N-ethyl adjacent to an activating group) is 2. The molecule has 27 heavy (non-hydrogen) atoms. The first kappa shape index (κ1) is 20.1. The van der Waals surface area contributed by atoms with Crippen molar-refractivity contribution in [3.63, 3.8) is 0 Å². The van der Waals surface area contributed by atoms with Gasteiger partial charge in [0.25, 0.3) is 5.91 Å². The minimum Gasteiger partial charge on any atom is -0.358 e. The van der Waals surface area contributed by atoms with Crippen molar-refractivity contribution in [2.75, 3.05) is 37.8 Å². The molecule has 0 saturated heterocycles. The third-order valence-corrected chi connectivity index (χ3v) is 3.65. The summed E-state index contributed by atoms with van der Waals surface area (Å²) in [6, 6.07) is 11.9. The van der Waals surface area contributed by atoms with Gasteiger partial charge in [-0.1, -0.05) is 12.1 Å². The molecule has 2 rings (SSSR count). The molecule has 3 amide bonds. The summed E-state index contributed by atoms with van der Waals surface area (Å²) in [6.07, 6.45) is 0. The first-order valence-corrected chi connectivity index (χ1v) is 8.24. The number of hydrogen-bond donors (Lipinski definition) is 3. The van der Waals surface area contributed by atoms with E-state index in [2.05, 4.69) is 16.0 Å². The zero-order valence-electron chi connectivity index (χ0n) is 15.1. The second-order valence-corrected chi connectivity index (χ2v) is 5.90. The molecular formula is C19H21FN4O3. The van der Waals surface area contributed by atoms with E-state index in [4.69, 9.17) is 0 Å². The lowest BCUT2D eigenvalue weighted by Gasteiger charge is -2.16. The van der Waals surface area contributed by atoms with Gasteiger partial charge in [-0.05, 0) is 43.4 Å². The van der Waals surface area contributed by atoms with Crippen LogP contribution in [0.2, 0.25) is 0 Å². The van der Waals surface area contributed by atoms with Crippen molar-refractivity contribution in [2.45, 2.75) is 0 Å². The van der Waals surface area contributed by atoms with E-state index in [0.717, 1.165) is 0 Å². The molecule has 0 heterocycles. The fourth-order valence-electron chi connectivity index (χ4n) is 2.34. The van der Waals surface area contributed by atoms with Gasteiger partial charge in [0.2, 0.25) is 11.8 Å². The fourth-order valence-corrected chi connectivity index (χ4v) is 2.34. The summed E-state index contributed by atoms with van der Waals surface area (Å²) in [5, 5.41) is 7.81. The van der Waals surface area contributed by atoms with Gasteiger partial charge in [-0.25, -0.2) is 4.39 Å². The van der Waals surface area contributed by atoms with Crippen LogP contribution < -0.4 is 16.0 Å². The normalized spacial score (nSPS) is 10.4. The zero-order valence-corrected chi connectivity index (χ0v) is 15.1. The average Bonchev–Trinajstić information content (AvgIpc) is 2.63. The van der Waals surface area contributed by atoms with Gasteiger partial charge in [-0.3, -0.25) is 19.3 Å². The van der Waals surface area contributed by atoms with Crippen LogP contribution in [0.3, 0.4) is 0 Å². The Kier molecular flexibility index (Phi) is 7.01. The highest BCUT2D eigenvalue weighted by Gasteiger charge is 2.15. The minimum absolute atomic E-state index is 0.0126. The number of nitrogens with one attached hydrogen (secondary N) is 3. The molecule has 0 unspecified atom stereocenters. The number of benzene rings is 2. The second-order valence-electron chi connectivity index (χ2n) is 5.90. The Morgan fingerprint density at radius 1 is 0.926 bits per heavy atom. The molecule has 0 aromatic heterocycles. The molecule has 0 aliphatic heterocycles. The van der Waals surface area contributed by atoms with Crippen LogP contribution in [0.15, 0.2) is 48.5 Å². The summed E-state index contributed by atoms with van der Waals surface area (Å²) in [6.45, 7) is 0.0674. The zero-order chi connectivity index (χ0) is 19.8. The van der Waals surface area contributed by atoms with Crippen LogP contribution >= 0.6 is 0 Å². The first-order valence-electron chi connectivity index (χ1n) is 8.24. The Bertz CT molecular complexity index is 824. The van der Waals surface area contributed by atoms with Gasteiger partial charge >= 0.3 is 0 Å². The Labute approximate surface area is 156 Å². The molecule has 7 nitrogen and oxygen atoms in total. The Morgan fingerprint density at radius 3 is 2.22 bits per heavy atom. The Hall–Kier alpha value is -3.26. The molecule has 8 heteroatoms. The number of rotatable bonds is 7. The van der Waals surface area contributed by atoms with Crippen LogP contribution in [-0.4, -0.2) is 49.8 Å². The van der Waals surface area contributed by atoms with Gasteiger partial charge in [-0.2, -0.15) is 0 Å². The quantitative estimate of drug-likeness (QED) is 0.690. The first-order chi connectivity index (χ1) is 12.9. The topological polar surface area (TPSA) is 90.5 Å². The molecule has 142 valence electrons. The molecule has 0 saturated carbocycles. The summed E-state index contributed by atoms with van der Waals surface area (Å²) in [7, 11) is 3.16. The Morgan fingerprint density at radius 2 is 1.56 bits per heavy atom. The standard InChI is InChI=1S/C19H21FN4O3/c1-21-17(25)11-24(2)12-18(26)23-16-6-4-3-5-15(16)19(27)22-14-9-7-13(20)8-10-14/h3-10H,11-12H2,1-2H3,(H,21,25)(H,22,27)(H,23,26). The maximum Gasteiger partial charge on any atom is 0.257 e. The monoisotopic (exact) mass is 372 g/mol. The number of halogens is 1. The molecule has 3 N–H and O–H groups in total. The lowest BCUT2D eigenvalue weighted by molar-refractivity contribution is -0.122. The van der Waals surface area contributed by atoms with Crippen LogP contribution in [0, 0.1) is 5.82 Å². The number of nitrogens with zero attached hydrogens (tertiary/aromatic N) is 1. The van der Waals surface area contributed by atoms with Gasteiger partial charge in [0, 0.05) is 12.7 Å². The fraction of sp³-hybridized carbons (Fsp3) is 0.211. The van der Waals surface area contributed by atoms with E-state index in [1.54, 1.807) is 36.2 Å². The van der Waals surface area contributed by atoms with Crippen LogP contribution in [0.25, 0.3) is 0 Å². The van der Waals surface area contributed by atoms with Crippen molar-refractivity contribution >= 4 is 29.1 Å². The molecule has 0 bridgehead atoms. The summed E-state index contributed by atoms with van der Waals surface area (Å²) >= 11 is 0. The number of amides is 3. The van der Waals surface area contributed by atoms with E-state index in [0.29, 0.717) is 11.4 Å². The second kappa shape index (κ2) is 9.44. The van der Waals surface area contributed by atoms with E-state index < -0.39 is 11.7 Å². The number of hydrogen-bond acceptors (Lipinski definition) is 4. The van der Waals surface area contributed by atoms with Crippen LogP contribution in [0.5, 0.6) is 0 Å². The smallest absolute Gasteiger partial charge is 0.257 e. The van der Waals surface area contributed by atoms with E-state index in [1.165, 1.54) is 31.3 Å². The molecular weight excluding hydrogens is 351 g/mol. The number of anilines is 2. The highest BCUT2D eigenvalue weighted by atomic mass is 19.1. The molecule has 2 aromatic rings. The lowest BCUT2D eigenvalue weighted by Crippen LogP contribution is -2.37. The average molecular weight is 372 g/mol. The summed E-state index contributed by atoms with van der Waals surface area (Å²) in [4.78, 5) is 37.6. The largest absolute Gasteiger partial charge is 0.358 e. The van der Waals surface area contributed by atoms with Gasteiger partial charge in [0.15, 0.2) is 0 Å². The van der Waals surface area contributed by atoms with Crippen LogP contribution in [0.1, 0.15) is 10.4 Å². The number of carbonyl (C=O) groups is 3. The van der Waals surface area contributed by atoms with Crippen LogP contribution in [-0.2, 0) is 9.59 Å². The molecule has 0 fully saturated rings. The maximum absolute atomic E-state index is 13.0. The summed E-state index contributed by atoms with van der Waals surface area (Å²) in [5.41, 5.74) is 1.05. The highest BCUT2D eigenvalue weighted by Crippen LogP contribution is 2.17. The minimum atomic E-state index is -0.434. The van der Waals surface area contributed by atoms with Gasteiger partial charge in [0.1, 0.15) is 5.82 Å². The third-order valence-electron chi connectivity index (χ3n) is 3.65. The van der Waals surface area contributed by atoms with Crippen molar-refractivity contribution < 1.29 is 18.8 Å². The van der Waals surface area contributed by atoms with E-state index in [9.17, 15) is 18.8 Å². The number of para-hydroxylation sites is 1. The van der Waals surface area contributed by atoms with Crippen molar-refractivity contribution in [1.29, 1.82) is 0 Å². The molecule has 0 aliphatic carbocycles. The van der Waals surface area contributed by atoms with Gasteiger partial charge in [-0.15, -0.1) is 0 Å². The predicted molar refractivity (Wildman–Crippen MR) is 101 cm³/mol. The summed E-state index contributed by atoms with van der Waals surface area (Å²) in [5.74, 6) is -1.40. The van der Waals surface area contributed by atoms with Crippen molar-refractivity contribution in [1.82, 2.24) is 10.2 Å². The van der Waals surface area contributed by atoms with Crippen molar-refractivity contribution in [3.05, 3.63) is 59.9 Å². The molecule has 2 aromatic carbocycles. The van der Waals surface area contributed by atoms with Gasteiger partial charge < -0.3 is 16.0 Å². The van der Waals surface area contributed by atoms with Crippen molar-refractivity contribution in [2.24, 2.45) is 0 Å². The van der Waals surface area contributed by atoms with Gasteiger partial charge in [0.05, 0.1) is 24.3 Å². The van der Waals surface area contributed by atoms with Crippen LogP contribution in [0.4, 0.5) is 15.8 Å². The van der Waals surface area contributed by atoms with Crippen molar-refractivity contribution in [3.8, 4) is 0 Å². The SMILES string of the molecule is CNC(=O)CN(C)CC(=O)Nc1ccccc1C(=O)Nc1ccc(F)cc1.